The summed E-state index contributed by atoms with van der Waals surface area (Å²) < 4.78 is 6.80. The molecule has 0 saturated carbocycles. The van der Waals surface area contributed by atoms with E-state index in [1.54, 1.807) is 24.3 Å². The molecule has 2 heterocycles. The van der Waals surface area contributed by atoms with Gasteiger partial charge in [0, 0.05) is 5.56 Å². The summed E-state index contributed by atoms with van der Waals surface area (Å²) in [6.45, 7) is 5.90. The number of benzene rings is 2. The van der Waals surface area contributed by atoms with E-state index in [9.17, 15) is 9.59 Å². The Kier molecular flexibility index (Phi) is 5.90. The van der Waals surface area contributed by atoms with Gasteiger partial charge in [0.25, 0.3) is 5.56 Å². The van der Waals surface area contributed by atoms with E-state index in [1.165, 1.54) is 21.6 Å². The van der Waals surface area contributed by atoms with E-state index in [-0.39, 0.29) is 18.5 Å². The first-order valence-corrected chi connectivity index (χ1v) is 10.8. The molecule has 1 atom stereocenters. The summed E-state index contributed by atoms with van der Waals surface area (Å²) in [5, 5.41) is 9.31. The average molecular weight is 435 g/mol. The van der Waals surface area contributed by atoms with Crippen molar-refractivity contribution in [2.45, 2.75) is 39.8 Å². The lowest BCUT2D eigenvalue weighted by atomic mass is 10.2. The minimum Gasteiger partial charge on any atom is -0.457 e. The number of thiazole rings is 1. The lowest BCUT2D eigenvalue weighted by Crippen LogP contribution is -2.26. The van der Waals surface area contributed by atoms with Gasteiger partial charge in [0.15, 0.2) is 0 Å². The van der Waals surface area contributed by atoms with Crippen LogP contribution >= 0.6 is 11.3 Å². The van der Waals surface area contributed by atoms with Crippen LogP contribution in [0.3, 0.4) is 0 Å². The zero-order valence-corrected chi connectivity index (χ0v) is 18.3. The number of esters is 1. The van der Waals surface area contributed by atoms with Gasteiger partial charge in [-0.15, -0.1) is 16.4 Å². The topological polar surface area (TPSA) is 87.0 Å². The molecule has 2 aromatic heterocycles. The molecule has 0 saturated heterocycles. The Morgan fingerprint density at radius 2 is 1.87 bits per heavy atom. The number of rotatable bonds is 6. The van der Waals surface area contributed by atoms with Crippen molar-refractivity contribution in [1.82, 2.24) is 20.0 Å². The molecule has 0 fully saturated rings. The number of nitrogens with zero attached hydrogens (tertiary/aromatic N) is 4. The van der Waals surface area contributed by atoms with Crippen molar-refractivity contribution in [3.05, 3.63) is 75.0 Å². The summed E-state index contributed by atoms with van der Waals surface area (Å²) in [6, 6.07) is 15.2. The van der Waals surface area contributed by atoms with E-state index >= 15 is 0 Å². The SMILES string of the molecule is Cc1ccc(-c2nc(C)c(C(C)OC(=O)CCn3nnc4ccccc4c3=O)s2)cc1. The predicted molar refractivity (Wildman–Crippen MR) is 120 cm³/mol. The molecule has 31 heavy (non-hydrogen) atoms. The molecule has 0 spiro atoms. The van der Waals surface area contributed by atoms with Crippen LogP contribution in [0.2, 0.25) is 0 Å². The number of ether oxygens (including phenoxy) is 1. The Morgan fingerprint density at radius 1 is 1.13 bits per heavy atom. The molecule has 4 aromatic rings. The van der Waals surface area contributed by atoms with E-state index in [1.807, 2.05) is 45.0 Å². The van der Waals surface area contributed by atoms with E-state index < -0.39 is 12.1 Å². The average Bonchev–Trinajstić information content (AvgIpc) is 3.15. The third-order valence-corrected chi connectivity index (χ3v) is 6.33. The highest BCUT2D eigenvalue weighted by Gasteiger charge is 2.19. The van der Waals surface area contributed by atoms with Gasteiger partial charge < -0.3 is 4.74 Å². The molecule has 158 valence electrons. The highest BCUT2D eigenvalue weighted by molar-refractivity contribution is 7.15. The lowest BCUT2D eigenvalue weighted by Gasteiger charge is -2.12. The van der Waals surface area contributed by atoms with Crippen LogP contribution in [0.15, 0.2) is 53.3 Å². The monoisotopic (exact) mass is 434 g/mol. The smallest absolute Gasteiger partial charge is 0.308 e. The maximum atomic E-state index is 12.5. The van der Waals surface area contributed by atoms with Crippen molar-refractivity contribution in [1.29, 1.82) is 0 Å². The Hall–Kier alpha value is -3.39. The fraction of sp³-hybridized carbons (Fsp3) is 0.261. The van der Waals surface area contributed by atoms with Gasteiger partial charge in [0.2, 0.25) is 0 Å². The quantitative estimate of drug-likeness (QED) is 0.422. The van der Waals surface area contributed by atoms with Gasteiger partial charge in [0.05, 0.1) is 28.9 Å². The maximum Gasteiger partial charge on any atom is 0.308 e. The normalized spacial score (nSPS) is 12.1. The molecule has 0 bridgehead atoms. The third kappa shape index (κ3) is 4.54. The molecule has 0 amide bonds. The van der Waals surface area contributed by atoms with Gasteiger partial charge >= 0.3 is 5.97 Å². The van der Waals surface area contributed by atoms with Crippen molar-refractivity contribution in [3.8, 4) is 10.6 Å². The number of aryl methyl sites for hydroxylation is 3. The second-order valence-corrected chi connectivity index (χ2v) is 8.38. The van der Waals surface area contributed by atoms with Crippen LogP contribution < -0.4 is 5.56 Å². The van der Waals surface area contributed by atoms with E-state index in [4.69, 9.17) is 4.74 Å². The van der Waals surface area contributed by atoms with Crippen molar-refractivity contribution >= 4 is 28.2 Å². The molecule has 0 radical (unpaired) electrons. The Morgan fingerprint density at radius 3 is 2.65 bits per heavy atom. The first-order chi connectivity index (χ1) is 14.9. The number of hydrogen-bond donors (Lipinski definition) is 0. The van der Waals surface area contributed by atoms with Crippen LogP contribution in [0.5, 0.6) is 0 Å². The molecule has 2 aromatic carbocycles. The highest BCUT2D eigenvalue weighted by atomic mass is 32.1. The number of carbonyl (C=O) groups excluding carboxylic acids is 1. The van der Waals surface area contributed by atoms with Crippen LogP contribution in [-0.2, 0) is 16.1 Å². The van der Waals surface area contributed by atoms with Crippen LogP contribution in [-0.4, -0.2) is 25.9 Å². The summed E-state index contributed by atoms with van der Waals surface area (Å²) in [5.74, 6) is -0.404. The molecule has 7 nitrogen and oxygen atoms in total. The predicted octanol–water partition coefficient (Wildman–Crippen LogP) is 4.23. The second-order valence-electron chi connectivity index (χ2n) is 7.35. The van der Waals surface area contributed by atoms with E-state index in [0.717, 1.165) is 21.1 Å². The van der Waals surface area contributed by atoms with Crippen molar-refractivity contribution in [2.75, 3.05) is 0 Å². The molecule has 8 heteroatoms. The zero-order chi connectivity index (χ0) is 22.0. The van der Waals surface area contributed by atoms with Gasteiger partial charge in [0.1, 0.15) is 16.6 Å². The largest absolute Gasteiger partial charge is 0.457 e. The van der Waals surface area contributed by atoms with E-state index in [2.05, 4.69) is 15.3 Å². The number of fused-ring (bicyclic) bond motifs is 1. The molecule has 0 N–H and O–H groups in total. The van der Waals surface area contributed by atoms with Gasteiger partial charge in [-0.05, 0) is 32.9 Å². The van der Waals surface area contributed by atoms with E-state index in [0.29, 0.717) is 10.9 Å². The van der Waals surface area contributed by atoms with Gasteiger partial charge in [-0.3, -0.25) is 9.59 Å². The van der Waals surface area contributed by atoms with Gasteiger partial charge in [-0.25, -0.2) is 9.67 Å². The Bertz CT molecular complexity index is 1290. The maximum absolute atomic E-state index is 12.5. The fourth-order valence-corrected chi connectivity index (χ4v) is 4.33. The Labute approximate surface area is 183 Å². The molecule has 0 aliphatic rings. The first-order valence-electron chi connectivity index (χ1n) is 9.99. The van der Waals surface area contributed by atoms with Crippen LogP contribution in [0.4, 0.5) is 0 Å². The number of hydrogen-bond acceptors (Lipinski definition) is 7. The van der Waals surface area contributed by atoms with Crippen molar-refractivity contribution < 1.29 is 9.53 Å². The Balaban J connectivity index is 1.42. The standard InChI is InChI=1S/C23H22N4O3S/c1-14-8-10-17(11-9-14)22-24-15(2)21(31-22)16(3)30-20(28)12-13-27-23(29)18-6-4-5-7-19(18)25-26-27/h4-11,16H,12-13H2,1-3H3. The fourth-order valence-electron chi connectivity index (χ4n) is 3.28. The van der Waals surface area contributed by atoms with Gasteiger partial charge in [-0.2, -0.15) is 0 Å². The molecule has 0 aliphatic heterocycles. The summed E-state index contributed by atoms with van der Waals surface area (Å²) in [5.41, 5.74) is 3.34. The number of aromatic nitrogens is 4. The molecule has 4 rings (SSSR count). The summed E-state index contributed by atoms with van der Waals surface area (Å²) in [7, 11) is 0. The molecule has 1 unspecified atom stereocenters. The summed E-state index contributed by atoms with van der Waals surface area (Å²) >= 11 is 1.52. The van der Waals surface area contributed by atoms with Crippen LogP contribution in [0.25, 0.3) is 21.5 Å². The molecular formula is C23H22N4O3S. The molecule has 0 aliphatic carbocycles. The van der Waals surface area contributed by atoms with Crippen molar-refractivity contribution in [2.24, 2.45) is 0 Å². The summed E-state index contributed by atoms with van der Waals surface area (Å²) in [4.78, 5) is 30.4. The number of carbonyl (C=O) groups is 1. The minimum absolute atomic E-state index is 0.0277. The van der Waals surface area contributed by atoms with Crippen molar-refractivity contribution in [3.63, 3.8) is 0 Å². The molecular weight excluding hydrogens is 412 g/mol. The minimum atomic E-state index is -0.427. The van der Waals surface area contributed by atoms with Crippen LogP contribution in [0, 0.1) is 13.8 Å². The van der Waals surface area contributed by atoms with Crippen LogP contribution in [0.1, 0.15) is 35.6 Å². The first kappa shape index (κ1) is 20.9. The third-order valence-electron chi connectivity index (χ3n) is 4.97. The zero-order valence-electron chi connectivity index (χ0n) is 17.5. The highest BCUT2D eigenvalue weighted by Crippen LogP contribution is 2.33. The van der Waals surface area contributed by atoms with Gasteiger partial charge in [-0.1, -0.05) is 47.2 Å². The summed E-state index contributed by atoms with van der Waals surface area (Å²) in [6.07, 6.45) is -0.399. The second kappa shape index (κ2) is 8.77. The lowest BCUT2D eigenvalue weighted by molar-refractivity contribution is -0.148.